The van der Waals surface area contributed by atoms with Crippen LogP contribution in [-0.2, 0) is 6.42 Å². The van der Waals surface area contributed by atoms with Gasteiger partial charge >= 0.3 is 0 Å². The molecule has 19 heavy (non-hydrogen) atoms. The number of rotatable bonds is 3. The first-order valence-electron chi connectivity index (χ1n) is 6.48. The molecule has 1 atom stereocenters. The number of fused-ring (bicyclic) bond motifs is 1. The molecule has 0 fully saturated rings. The molecule has 0 amide bonds. The Bertz CT molecular complexity index is 580. The smallest absolute Gasteiger partial charge is 0.115 e. The minimum absolute atomic E-state index is 0.357. The van der Waals surface area contributed by atoms with E-state index in [0.717, 1.165) is 18.5 Å². The number of phenolic OH excluding ortho intramolecular Hbond substituents is 1. The van der Waals surface area contributed by atoms with Gasteiger partial charge in [-0.25, -0.2) is 0 Å². The molecule has 0 saturated heterocycles. The lowest BCUT2D eigenvalue weighted by Crippen LogP contribution is -2.06. The van der Waals surface area contributed by atoms with E-state index in [9.17, 15) is 5.11 Å². The number of benzene rings is 2. The highest BCUT2D eigenvalue weighted by Gasteiger charge is 2.22. The third-order valence-electron chi connectivity index (χ3n) is 3.64. The summed E-state index contributed by atoms with van der Waals surface area (Å²) in [5.74, 6) is 0.365. The van der Waals surface area contributed by atoms with Crippen molar-refractivity contribution in [2.24, 2.45) is 0 Å². The first-order valence-corrected chi connectivity index (χ1v) is 7.71. The van der Waals surface area contributed by atoms with E-state index >= 15 is 0 Å². The van der Waals surface area contributed by atoms with Gasteiger partial charge in [0.1, 0.15) is 5.75 Å². The van der Waals surface area contributed by atoms with Gasteiger partial charge in [-0.2, -0.15) is 0 Å². The van der Waals surface area contributed by atoms with Gasteiger partial charge in [-0.05, 0) is 66.6 Å². The van der Waals surface area contributed by atoms with Crippen molar-refractivity contribution in [3.8, 4) is 5.75 Å². The summed E-state index contributed by atoms with van der Waals surface area (Å²) < 4.78 is 0. The van der Waals surface area contributed by atoms with Gasteiger partial charge in [0, 0.05) is 10.6 Å². The summed E-state index contributed by atoms with van der Waals surface area (Å²) in [5.41, 5.74) is 3.73. The molecule has 0 saturated carbocycles. The molecular weight excluding hydrogens is 254 g/mol. The van der Waals surface area contributed by atoms with Crippen molar-refractivity contribution >= 4 is 17.4 Å². The van der Waals surface area contributed by atoms with E-state index < -0.39 is 0 Å². The molecule has 1 unspecified atom stereocenters. The molecule has 0 aliphatic heterocycles. The summed E-state index contributed by atoms with van der Waals surface area (Å²) in [7, 11) is 0. The maximum absolute atomic E-state index is 9.51. The lowest BCUT2D eigenvalue weighted by Gasteiger charge is -2.16. The normalized spacial score (nSPS) is 17.2. The Kier molecular flexibility index (Phi) is 3.38. The summed E-state index contributed by atoms with van der Waals surface area (Å²) in [6, 6.07) is 14.6. The molecule has 3 heteroatoms. The predicted octanol–water partition coefficient (Wildman–Crippen LogP) is 4.21. The second-order valence-electron chi connectivity index (χ2n) is 4.85. The van der Waals surface area contributed by atoms with Gasteiger partial charge in [0.25, 0.3) is 0 Å². The molecule has 2 N–H and O–H groups in total. The lowest BCUT2D eigenvalue weighted by atomic mass is 10.1. The molecule has 0 aromatic heterocycles. The van der Waals surface area contributed by atoms with E-state index in [-0.39, 0.29) is 0 Å². The van der Waals surface area contributed by atoms with E-state index in [1.165, 1.54) is 16.0 Å². The van der Waals surface area contributed by atoms with Crippen molar-refractivity contribution in [3.05, 3.63) is 53.6 Å². The molecule has 2 aromatic carbocycles. The maximum atomic E-state index is 9.51. The number of anilines is 1. The standard InChI is InChI=1S/C16H17NOS/c1-19-14-6-3-12(4-7-14)17-16-9-2-11-10-13(18)5-8-15(11)16/h3-8,10,16-18H,2,9H2,1H3. The Morgan fingerprint density at radius 2 is 1.95 bits per heavy atom. The van der Waals surface area contributed by atoms with Crippen LogP contribution < -0.4 is 5.32 Å². The molecule has 3 rings (SSSR count). The number of thioether (sulfide) groups is 1. The van der Waals surface area contributed by atoms with Crippen LogP contribution in [-0.4, -0.2) is 11.4 Å². The Balaban J connectivity index is 1.78. The van der Waals surface area contributed by atoms with Crippen LogP contribution in [0.3, 0.4) is 0 Å². The van der Waals surface area contributed by atoms with E-state index in [1.807, 2.05) is 12.1 Å². The van der Waals surface area contributed by atoms with Crippen molar-refractivity contribution in [1.82, 2.24) is 0 Å². The van der Waals surface area contributed by atoms with E-state index in [4.69, 9.17) is 0 Å². The van der Waals surface area contributed by atoms with Crippen LogP contribution in [0.4, 0.5) is 5.69 Å². The molecular formula is C16H17NOS. The average molecular weight is 271 g/mol. The Hall–Kier alpha value is -1.61. The average Bonchev–Trinajstić information content (AvgIpc) is 2.82. The third-order valence-corrected chi connectivity index (χ3v) is 4.38. The molecule has 0 radical (unpaired) electrons. The zero-order valence-corrected chi connectivity index (χ0v) is 11.7. The molecule has 1 aliphatic carbocycles. The summed E-state index contributed by atoms with van der Waals surface area (Å²) in [5, 5.41) is 13.1. The van der Waals surface area contributed by atoms with E-state index in [1.54, 1.807) is 17.8 Å². The fraction of sp³-hybridized carbons (Fsp3) is 0.250. The van der Waals surface area contributed by atoms with Crippen LogP contribution in [0.25, 0.3) is 0 Å². The molecule has 1 aliphatic rings. The summed E-state index contributed by atoms with van der Waals surface area (Å²) in [6.07, 6.45) is 4.20. The number of nitrogens with one attached hydrogen (secondary N) is 1. The number of aromatic hydroxyl groups is 1. The monoisotopic (exact) mass is 271 g/mol. The topological polar surface area (TPSA) is 32.3 Å². The molecule has 2 aromatic rings. The Morgan fingerprint density at radius 3 is 2.68 bits per heavy atom. The SMILES string of the molecule is CSc1ccc(NC2CCc3cc(O)ccc32)cc1. The summed E-state index contributed by atoms with van der Waals surface area (Å²) in [6.45, 7) is 0. The van der Waals surface area contributed by atoms with Gasteiger partial charge < -0.3 is 10.4 Å². The maximum Gasteiger partial charge on any atom is 0.115 e. The zero-order chi connectivity index (χ0) is 13.2. The quantitative estimate of drug-likeness (QED) is 0.820. The zero-order valence-electron chi connectivity index (χ0n) is 10.9. The van der Waals surface area contributed by atoms with E-state index in [0.29, 0.717) is 11.8 Å². The Labute approximate surface area is 117 Å². The highest BCUT2D eigenvalue weighted by Crippen LogP contribution is 2.35. The molecule has 2 nitrogen and oxygen atoms in total. The molecule has 0 heterocycles. The second kappa shape index (κ2) is 5.17. The third kappa shape index (κ3) is 2.56. The minimum Gasteiger partial charge on any atom is -0.508 e. The largest absolute Gasteiger partial charge is 0.508 e. The molecule has 0 spiro atoms. The van der Waals surface area contributed by atoms with Gasteiger partial charge in [-0.3, -0.25) is 0 Å². The van der Waals surface area contributed by atoms with Crippen LogP contribution in [0.5, 0.6) is 5.75 Å². The van der Waals surface area contributed by atoms with Crippen molar-refractivity contribution in [2.75, 3.05) is 11.6 Å². The van der Waals surface area contributed by atoms with Crippen molar-refractivity contribution < 1.29 is 5.11 Å². The van der Waals surface area contributed by atoms with Crippen LogP contribution in [0.15, 0.2) is 47.4 Å². The van der Waals surface area contributed by atoms with Crippen LogP contribution >= 0.6 is 11.8 Å². The number of phenols is 1. The van der Waals surface area contributed by atoms with Crippen LogP contribution in [0, 0.1) is 0 Å². The fourth-order valence-electron chi connectivity index (χ4n) is 2.64. The van der Waals surface area contributed by atoms with Gasteiger partial charge in [-0.1, -0.05) is 6.07 Å². The van der Waals surface area contributed by atoms with Gasteiger partial charge in [-0.15, -0.1) is 11.8 Å². The number of hydrogen-bond acceptors (Lipinski definition) is 3. The number of hydrogen-bond donors (Lipinski definition) is 2. The summed E-state index contributed by atoms with van der Waals surface area (Å²) >= 11 is 1.75. The molecule has 0 bridgehead atoms. The van der Waals surface area contributed by atoms with Crippen molar-refractivity contribution in [1.29, 1.82) is 0 Å². The Morgan fingerprint density at radius 1 is 1.16 bits per heavy atom. The van der Waals surface area contributed by atoms with Gasteiger partial charge in [0.05, 0.1) is 6.04 Å². The summed E-state index contributed by atoms with van der Waals surface area (Å²) in [4.78, 5) is 1.28. The minimum atomic E-state index is 0.357. The number of aryl methyl sites for hydroxylation is 1. The van der Waals surface area contributed by atoms with Crippen molar-refractivity contribution in [3.63, 3.8) is 0 Å². The van der Waals surface area contributed by atoms with Gasteiger partial charge in [0.2, 0.25) is 0 Å². The van der Waals surface area contributed by atoms with Gasteiger partial charge in [0.15, 0.2) is 0 Å². The predicted molar refractivity (Wildman–Crippen MR) is 81.0 cm³/mol. The van der Waals surface area contributed by atoms with Crippen LogP contribution in [0.2, 0.25) is 0 Å². The van der Waals surface area contributed by atoms with Crippen molar-refractivity contribution in [2.45, 2.75) is 23.8 Å². The highest BCUT2D eigenvalue weighted by atomic mass is 32.2. The fourth-order valence-corrected chi connectivity index (χ4v) is 3.05. The highest BCUT2D eigenvalue weighted by molar-refractivity contribution is 7.98. The molecule has 98 valence electrons. The van der Waals surface area contributed by atoms with Crippen LogP contribution in [0.1, 0.15) is 23.6 Å². The first-order chi connectivity index (χ1) is 9.26. The van der Waals surface area contributed by atoms with E-state index in [2.05, 4.69) is 35.8 Å². The second-order valence-corrected chi connectivity index (χ2v) is 5.73. The first kappa shape index (κ1) is 12.4. The lowest BCUT2D eigenvalue weighted by molar-refractivity contribution is 0.474.